The van der Waals surface area contributed by atoms with Gasteiger partial charge in [0.1, 0.15) is 0 Å². The standard InChI is InChI=1S/C49H29N3/c1-2-11-34(12-3-1)51-46-23-19-32(26-42(46)49-36-13-5-4-9-30(36)17-24-47(49)51)31-18-22-45-41(25-31)38-14-6-7-16-44(38)52(45)35-20-21-37-40(27-35)39-15-8-10-33-28-50-29-43(37)48(33)39/h1-29H. The maximum absolute atomic E-state index is 4.56. The van der Waals surface area contributed by atoms with Crippen LogP contribution >= 0.6 is 0 Å². The van der Waals surface area contributed by atoms with Gasteiger partial charge in [0, 0.05) is 61.6 Å². The molecule has 0 bridgehead atoms. The molecule has 0 spiro atoms. The second-order valence-corrected chi connectivity index (χ2v) is 14.0. The summed E-state index contributed by atoms with van der Waals surface area (Å²) in [6.07, 6.45) is 3.99. The minimum absolute atomic E-state index is 1.16. The molecule has 0 amide bonds. The number of pyridine rings is 1. The lowest BCUT2D eigenvalue weighted by Gasteiger charge is -2.11. The van der Waals surface area contributed by atoms with Crippen LogP contribution in [0.15, 0.2) is 176 Å². The summed E-state index contributed by atoms with van der Waals surface area (Å²) in [7, 11) is 0. The highest BCUT2D eigenvalue weighted by Gasteiger charge is 2.23. The van der Waals surface area contributed by atoms with E-state index in [-0.39, 0.29) is 0 Å². The number of para-hydroxylation sites is 2. The first kappa shape index (κ1) is 27.8. The van der Waals surface area contributed by atoms with Gasteiger partial charge in [-0.2, -0.15) is 0 Å². The molecular formula is C49H29N3. The van der Waals surface area contributed by atoms with E-state index in [1.807, 2.05) is 12.4 Å². The van der Waals surface area contributed by atoms with Gasteiger partial charge in [-0.15, -0.1) is 0 Å². The fourth-order valence-corrected chi connectivity index (χ4v) is 9.05. The summed E-state index contributed by atoms with van der Waals surface area (Å²) in [4.78, 5) is 4.56. The SMILES string of the molecule is c1ccc(-n2c3ccc(-c4ccc5c(c4)c4ccccc4n5-c4ccc5c(c4)-c4cccc6cncc-5c46)cc3c3c4ccccc4ccc32)cc1. The Balaban J connectivity index is 1.07. The second kappa shape index (κ2) is 10.3. The highest BCUT2D eigenvalue weighted by atomic mass is 15.0. The quantitative estimate of drug-likeness (QED) is 0.185. The molecular weight excluding hydrogens is 631 g/mol. The lowest BCUT2D eigenvalue weighted by atomic mass is 9.99. The third kappa shape index (κ3) is 3.72. The molecule has 1 aliphatic carbocycles. The summed E-state index contributed by atoms with van der Waals surface area (Å²) >= 11 is 0. The number of hydrogen-bond acceptors (Lipinski definition) is 1. The number of hydrogen-bond donors (Lipinski definition) is 0. The smallest absolute Gasteiger partial charge is 0.0547 e. The Morgan fingerprint density at radius 1 is 0.327 bits per heavy atom. The van der Waals surface area contributed by atoms with Crippen LogP contribution in [-0.4, -0.2) is 14.1 Å². The van der Waals surface area contributed by atoms with Gasteiger partial charge in [-0.25, -0.2) is 0 Å². The van der Waals surface area contributed by atoms with E-state index in [1.165, 1.54) is 104 Å². The number of aromatic nitrogens is 3. The molecule has 0 fully saturated rings. The topological polar surface area (TPSA) is 22.8 Å². The molecule has 0 saturated heterocycles. The Morgan fingerprint density at radius 3 is 1.90 bits per heavy atom. The average Bonchev–Trinajstić information content (AvgIpc) is 3.84. The van der Waals surface area contributed by atoms with Crippen molar-refractivity contribution in [3.05, 3.63) is 176 Å². The highest BCUT2D eigenvalue weighted by molar-refractivity contribution is 6.22. The first-order valence-corrected chi connectivity index (χ1v) is 17.9. The predicted molar refractivity (Wildman–Crippen MR) is 218 cm³/mol. The fourth-order valence-electron chi connectivity index (χ4n) is 9.05. The van der Waals surface area contributed by atoms with Gasteiger partial charge in [0.2, 0.25) is 0 Å². The minimum atomic E-state index is 1.16. The van der Waals surface area contributed by atoms with Crippen LogP contribution in [0.3, 0.4) is 0 Å². The van der Waals surface area contributed by atoms with Gasteiger partial charge in [-0.05, 0) is 99.3 Å². The Hall–Kier alpha value is -6.97. The van der Waals surface area contributed by atoms with Gasteiger partial charge in [0.05, 0.1) is 22.1 Å². The van der Waals surface area contributed by atoms with E-state index in [1.54, 1.807) is 0 Å². The Morgan fingerprint density at radius 2 is 1.02 bits per heavy atom. The summed E-state index contributed by atoms with van der Waals surface area (Å²) in [5, 5.41) is 10.1. The molecule has 0 radical (unpaired) electrons. The van der Waals surface area contributed by atoms with Crippen molar-refractivity contribution in [2.75, 3.05) is 0 Å². The molecule has 0 atom stereocenters. The summed E-state index contributed by atoms with van der Waals surface area (Å²) in [5.41, 5.74) is 14.6. The third-order valence-corrected chi connectivity index (χ3v) is 11.3. The van der Waals surface area contributed by atoms with Crippen molar-refractivity contribution < 1.29 is 0 Å². The van der Waals surface area contributed by atoms with E-state index < -0.39 is 0 Å². The van der Waals surface area contributed by atoms with E-state index in [0.29, 0.717) is 0 Å². The molecule has 0 N–H and O–H groups in total. The molecule has 1 aliphatic rings. The Labute approximate surface area is 299 Å². The first-order chi connectivity index (χ1) is 25.8. The van der Waals surface area contributed by atoms with Gasteiger partial charge in [-0.1, -0.05) is 103 Å². The first-order valence-electron chi connectivity index (χ1n) is 17.9. The second-order valence-electron chi connectivity index (χ2n) is 14.0. The summed E-state index contributed by atoms with van der Waals surface area (Å²) in [6.45, 7) is 0. The summed E-state index contributed by atoms with van der Waals surface area (Å²) in [5.74, 6) is 0. The molecule has 3 aromatic heterocycles. The monoisotopic (exact) mass is 659 g/mol. The Kier molecular flexibility index (Phi) is 5.50. The molecule has 8 aromatic carbocycles. The summed E-state index contributed by atoms with van der Waals surface area (Å²) < 4.78 is 4.84. The van der Waals surface area contributed by atoms with E-state index >= 15 is 0 Å². The number of fused-ring (bicyclic) bond motifs is 11. The van der Waals surface area contributed by atoms with Gasteiger partial charge < -0.3 is 9.13 Å². The van der Waals surface area contributed by atoms with Crippen molar-refractivity contribution >= 4 is 65.2 Å². The molecule has 3 heterocycles. The van der Waals surface area contributed by atoms with Crippen LogP contribution in [0.25, 0.3) is 110 Å². The molecule has 0 aliphatic heterocycles. The molecule has 11 aromatic rings. The van der Waals surface area contributed by atoms with Crippen molar-refractivity contribution in [3.63, 3.8) is 0 Å². The molecule has 12 rings (SSSR count). The zero-order chi connectivity index (χ0) is 33.9. The van der Waals surface area contributed by atoms with E-state index in [9.17, 15) is 0 Å². The molecule has 3 nitrogen and oxygen atoms in total. The van der Waals surface area contributed by atoms with Crippen LogP contribution in [0.4, 0.5) is 0 Å². The fraction of sp³-hybridized carbons (Fsp3) is 0. The number of rotatable bonds is 3. The molecule has 0 saturated carbocycles. The van der Waals surface area contributed by atoms with Crippen LogP contribution in [0.5, 0.6) is 0 Å². The van der Waals surface area contributed by atoms with Gasteiger partial charge in [0.25, 0.3) is 0 Å². The number of benzene rings is 8. The zero-order valence-corrected chi connectivity index (χ0v) is 28.1. The van der Waals surface area contributed by atoms with Gasteiger partial charge in [0.15, 0.2) is 0 Å². The maximum atomic E-state index is 4.56. The summed E-state index contributed by atoms with van der Waals surface area (Å²) in [6, 6.07) is 60.3. The largest absolute Gasteiger partial charge is 0.309 e. The molecule has 240 valence electrons. The van der Waals surface area contributed by atoms with Crippen molar-refractivity contribution in [2.45, 2.75) is 0 Å². The molecule has 3 heteroatoms. The maximum Gasteiger partial charge on any atom is 0.0547 e. The normalized spacial score (nSPS) is 12.2. The van der Waals surface area contributed by atoms with Crippen LogP contribution < -0.4 is 0 Å². The van der Waals surface area contributed by atoms with E-state index in [0.717, 1.165) is 5.69 Å². The van der Waals surface area contributed by atoms with Crippen molar-refractivity contribution in [1.82, 2.24) is 14.1 Å². The lowest BCUT2D eigenvalue weighted by Crippen LogP contribution is -1.94. The van der Waals surface area contributed by atoms with E-state index in [4.69, 9.17) is 0 Å². The van der Waals surface area contributed by atoms with Gasteiger partial charge >= 0.3 is 0 Å². The molecule has 52 heavy (non-hydrogen) atoms. The van der Waals surface area contributed by atoms with Crippen molar-refractivity contribution in [3.8, 4) is 44.8 Å². The van der Waals surface area contributed by atoms with Gasteiger partial charge in [-0.3, -0.25) is 4.98 Å². The number of nitrogens with zero attached hydrogens (tertiary/aromatic N) is 3. The van der Waals surface area contributed by atoms with Crippen molar-refractivity contribution in [2.24, 2.45) is 0 Å². The highest BCUT2D eigenvalue weighted by Crippen LogP contribution is 2.48. The minimum Gasteiger partial charge on any atom is -0.309 e. The molecule has 0 unspecified atom stereocenters. The zero-order valence-electron chi connectivity index (χ0n) is 28.1. The average molecular weight is 660 g/mol. The lowest BCUT2D eigenvalue weighted by molar-refractivity contribution is 1.18. The predicted octanol–water partition coefficient (Wildman–Crippen LogP) is 12.9. The van der Waals surface area contributed by atoms with E-state index in [2.05, 4.69) is 178 Å². The third-order valence-electron chi connectivity index (χ3n) is 11.3. The van der Waals surface area contributed by atoms with Crippen LogP contribution in [0.1, 0.15) is 0 Å². The Bertz CT molecular complexity index is 3280. The van der Waals surface area contributed by atoms with Crippen LogP contribution in [0.2, 0.25) is 0 Å². The van der Waals surface area contributed by atoms with Crippen LogP contribution in [-0.2, 0) is 0 Å². The van der Waals surface area contributed by atoms with Crippen molar-refractivity contribution in [1.29, 1.82) is 0 Å². The van der Waals surface area contributed by atoms with Crippen LogP contribution in [0, 0.1) is 0 Å².